The highest BCUT2D eigenvalue weighted by Crippen LogP contribution is 2.17. The lowest BCUT2D eigenvalue weighted by atomic mass is 10.0. The van der Waals surface area contributed by atoms with Gasteiger partial charge in [-0.05, 0) is 29.7 Å². The average Bonchev–Trinajstić information content (AvgIpc) is 2.82. The van der Waals surface area contributed by atoms with Crippen molar-refractivity contribution in [3.05, 3.63) is 106 Å². The predicted molar refractivity (Wildman–Crippen MR) is 122 cm³/mol. The highest BCUT2D eigenvalue weighted by Gasteiger charge is 2.22. The Morgan fingerprint density at radius 3 is 2.12 bits per heavy atom. The summed E-state index contributed by atoms with van der Waals surface area (Å²) in [5, 5.41) is 31.7. The Labute approximate surface area is 187 Å². The molecule has 2 N–H and O–H groups in total. The van der Waals surface area contributed by atoms with Crippen molar-refractivity contribution in [2.75, 3.05) is 19.8 Å². The molecule has 0 radical (unpaired) electrons. The van der Waals surface area contributed by atoms with Crippen molar-refractivity contribution in [2.45, 2.75) is 25.1 Å². The van der Waals surface area contributed by atoms with Crippen LogP contribution in [0.15, 0.2) is 84.9 Å². The summed E-state index contributed by atoms with van der Waals surface area (Å²) in [6.45, 7) is 0.864. The lowest BCUT2D eigenvalue weighted by Crippen LogP contribution is -2.44. The minimum absolute atomic E-state index is 0.0314. The van der Waals surface area contributed by atoms with Crippen molar-refractivity contribution in [1.82, 2.24) is 4.90 Å². The SMILES string of the molecule is O=[N+]([O-])c1ccc(C[C@@H](CO)N(Cc2ccccc2)C[C@H](O)COc2ccccc2)cc1. The molecule has 7 heteroatoms. The van der Waals surface area contributed by atoms with E-state index in [4.69, 9.17) is 4.74 Å². The molecule has 0 amide bonds. The standard InChI is InChI=1S/C25H28N2O5/c28-18-23(15-20-11-13-22(14-12-20)27(30)31)26(16-21-7-3-1-4-8-21)17-24(29)19-32-25-9-5-2-6-10-25/h1-14,23-24,28-29H,15-19H2/t23-,24-/m0/s1. The number of para-hydroxylation sites is 1. The molecule has 0 heterocycles. The summed E-state index contributed by atoms with van der Waals surface area (Å²) in [6.07, 6.45) is -0.266. The van der Waals surface area contributed by atoms with Gasteiger partial charge >= 0.3 is 0 Å². The minimum Gasteiger partial charge on any atom is -0.491 e. The monoisotopic (exact) mass is 436 g/mol. The Balaban J connectivity index is 1.69. The third kappa shape index (κ3) is 7.16. The number of nitro benzene ring substituents is 1. The van der Waals surface area contributed by atoms with E-state index in [0.717, 1.165) is 11.1 Å². The summed E-state index contributed by atoms with van der Waals surface area (Å²) in [4.78, 5) is 12.5. The van der Waals surface area contributed by atoms with Gasteiger partial charge < -0.3 is 14.9 Å². The summed E-state index contributed by atoms with van der Waals surface area (Å²) < 4.78 is 5.68. The van der Waals surface area contributed by atoms with E-state index < -0.39 is 11.0 Å². The maximum atomic E-state index is 10.9. The van der Waals surface area contributed by atoms with Gasteiger partial charge in [-0.25, -0.2) is 0 Å². The van der Waals surface area contributed by atoms with Crippen LogP contribution in [0.4, 0.5) is 5.69 Å². The van der Waals surface area contributed by atoms with Gasteiger partial charge in [-0.15, -0.1) is 0 Å². The van der Waals surface area contributed by atoms with Crippen molar-refractivity contribution < 1.29 is 19.9 Å². The van der Waals surface area contributed by atoms with Crippen LogP contribution in [0.1, 0.15) is 11.1 Å². The van der Waals surface area contributed by atoms with Gasteiger partial charge in [-0.3, -0.25) is 15.0 Å². The van der Waals surface area contributed by atoms with Gasteiger partial charge in [-0.1, -0.05) is 60.7 Å². The van der Waals surface area contributed by atoms with Crippen LogP contribution < -0.4 is 4.74 Å². The van der Waals surface area contributed by atoms with Crippen LogP contribution in [0.25, 0.3) is 0 Å². The summed E-state index contributed by atoms with van der Waals surface area (Å²) in [7, 11) is 0. The lowest BCUT2D eigenvalue weighted by molar-refractivity contribution is -0.384. The zero-order valence-corrected chi connectivity index (χ0v) is 17.8. The predicted octanol–water partition coefficient (Wildman–Crippen LogP) is 3.44. The molecule has 0 aliphatic carbocycles. The molecule has 0 aliphatic rings. The maximum Gasteiger partial charge on any atom is 0.269 e. The van der Waals surface area contributed by atoms with E-state index in [9.17, 15) is 20.3 Å². The van der Waals surface area contributed by atoms with Gasteiger partial charge in [0.05, 0.1) is 11.5 Å². The van der Waals surface area contributed by atoms with Crippen LogP contribution >= 0.6 is 0 Å². The number of aliphatic hydroxyl groups excluding tert-OH is 2. The fraction of sp³-hybridized carbons (Fsp3) is 0.280. The molecule has 3 aromatic rings. The zero-order chi connectivity index (χ0) is 22.8. The number of non-ortho nitro benzene ring substituents is 1. The molecule has 0 saturated carbocycles. The van der Waals surface area contributed by atoms with E-state index in [1.165, 1.54) is 12.1 Å². The van der Waals surface area contributed by atoms with E-state index in [1.54, 1.807) is 12.1 Å². The normalized spacial score (nSPS) is 13.0. The van der Waals surface area contributed by atoms with Gasteiger partial charge in [-0.2, -0.15) is 0 Å². The fourth-order valence-electron chi connectivity index (χ4n) is 3.53. The Kier molecular flexibility index (Phi) is 8.74. The van der Waals surface area contributed by atoms with Crippen molar-refractivity contribution in [2.24, 2.45) is 0 Å². The third-order valence-electron chi connectivity index (χ3n) is 5.20. The van der Waals surface area contributed by atoms with E-state index >= 15 is 0 Å². The van der Waals surface area contributed by atoms with E-state index in [1.807, 2.05) is 65.6 Å². The number of hydrogen-bond acceptors (Lipinski definition) is 6. The molecule has 0 fully saturated rings. The number of ether oxygens (including phenoxy) is 1. The summed E-state index contributed by atoms with van der Waals surface area (Å²) >= 11 is 0. The zero-order valence-electron chi connectivity index (χ0n) is 17.8. The summed E-state index contributed by atoms with van der Waals surface area (Å²) in [5.41, 5.74) is 1.97. The van der Waals surface area contributed by atoms with E-state index in [2.05, 4.69) is 0 Å². The van der Waals surface area contributed by atoms with Gasteiger partial charge in [0.2, 0.25) is 0 Å². The second-order valence-corrected chi connectivity index (χ2v) is 7.66. The molecule has 0 aromatic heterocycles. The highest BCUT2D eigenvalue weighted by molar-refractivity contribution is 5.33. The Hall–Kier alpha value is -3.26. The van der Waals surface area contributed by atoms with Gasteiger partial charge in [0.15, 0.2) is 0 Å². The van der Waals surface area contributed by atoms with Crippen molar-refractivity contribution in [3.8, 4) is 5.75 Å². The Morgan fingerprint density at radius 1 is 0.906 bits per heavy atom. The van der Waals surface area contributed by atoms with Gasteiger partial charge in [0.1, 0.15) is 18.5 Å². The summed E-state index contributed by atoms with van der Waals surface area (Å²) in [5.74, 6) is 0.686. The molecule has 0 saturated heterocycles. The first kappa shape index (κ1) is 23.4. The van der Waals surface area contributed by atoms with Crippen molar-refractivity contribution >= 4 is 5.69 Å². The third-order valence-corrected chi connectivity index (χ3v) is 5.20. The smallest absolute Gasteiger partial charge is 0.269 e. The first-order valence-electron chi connectivity index (χ1n) is 10.5. The molecule has 0 spiro atoms. The van der Waals surface area contributed by atoms with Crippen LogP contribution in [0.3, 0.4) is 0 Å². The number of hydrogen-bond donors (Lipinski definition) is 2. The molecule has 3 aromatic carbocycles. The second-order valence-electron chi connectivity index (χ2n) is 7.66. The first-order chi connectivity index (χ1) is 15.5. The Bertz CT molecular complexity index is 951. The molecule has 2 atom stereocenters. The van der Waals surface area contributed by atoms with Crippen LogP contribution in [-0.4, -0.2) is 51.9 Å². The van der Waals surface area contributed by atoms with Crippen LogP contribution in [0.2, 0.25) is 0 Å². The molecule has 3 rings (SSSR count). The second kappa shape index (κ2) is 12.0. The molecule has 32 heavy (non-hydrogen) atoms. The van der Waals surface area contributed by atoms with Crippen molar-refractivity contribution in [1.29, 1.82) is 0 Å². The van der Waals surface area contributed by atoms with Crippen LogP contribution in [-0.2, 0) is 13.0 Å². The van der Waals surface area contributed by atoms with Crippen LogP contribution in [0, 0.1) is 10.1 Å². The highest BCUT2D eigenvalue weighted by atomic mass is 16.6. The van der Waals surface area contributed by atoms with E-state index in [0.29, 0.717) is 25.3 Å². The quantitative estimate of drug-likeness (QED) is 0.334. The van der Waals surface area contributed by atoms with Crippen LogP contribution in [0.5, 0.6) is 5.75 Å². The average molecular weight is 437 g/mol. The largest absolute Gasteiger partial charge is 0.491 e. The molecule has 0 unspecified atom stereocenters. The van der Waals surface area contributed by atoms with E-state index in [-0.39, 0.29) is 24.9 Å². The number of rotatable bonds is 12. The number of nitrogens with zero attached hydrogens (tertiary/aromatic N) is 2. The molecular formula is C25H28N2O5. The number of aliphatic hydroxyl groups is 2. The first-order valence-corrected chi connectivity index (χ1v) is 10.5. The fourth-order valence-corrected chi connectivity index (χ4v) is 3.53. The molecule has 168 valence electrons. The molecule has 0 aliphatic heterocycles. The van der Waals surface area contributed by atoms with Gasteiger partial charge in [0, 0.05) is 31.3 Å². The topological polar surface area (TPSA) is 96.1 Å². The lowest BCUT2D eigenvalue weighted by Gasteiger charge is -2.32. The molecular weight excluding hydrogens is 408 g/mol. The van der Waals surface area contributed by atoms with Crippen molar-refractivity contribution in [3.63, 3.8) is 0 Å². The minimum atomic E-state index is -0.759. The number of benzene rings is 3. The molecule has 0 bridgehead atoms. The number of nitro groups is 1. The maximum absolute atomic E-state index is 10.9. The molecule has 7 nitrogen and oxygen atoms in total. The Morgan fingerprint density at radius 2 is 1.53 bits per heavy atom. The van der Waals surface area contributed by atoms with Gasteiger partial charge in [0.25, 0.3) is 5.69 Å². The summed E-state index contributed by atoms with van der Waals surface area (Å²) in [6, 6.07) is 25.2.